The highest BCUT2D eigenvalue weighted by molar-refractivity contribution is 8.00. The summed E-state index contributed by atoms with van der Waals surface area (Å²) in [6.07, 6.45) is 3.25. The van der Waals surface area contributed by atoms with E-state index in [4.69, 9.17) is 10.2 Å². The van der Waals surface area contributed by atoms with Crippen molar-refractivity contribution in [2.24, 2.45) is 0 Å². The van der Waals surface area contributed by atoms with Gasteiger partial charge in [-0.15, -0.1) is 11.8 Å². The number of anilines is 1. The van der Waals surface area contributed by atoms with Gasteiger partial charge in [0.15, 0.2) is 0 Å². The molecule has 1 atom stereocenters. The fourth-order valence-electron chi connectivity index (χ4n) is 1.45. The molecule has 6 heteroatoms. The highest BCUT2D eigenvalue weighted by Crippen LogP contribution is 2.22. The molecule has 0 saturated carbocycles. The molecule has 0 bridgehead atoms. The number of hydrogen-bond donors (Lipinski definition) is 2. The van der Waals surface area contributed by atoms with E-state index in [1.165, 1.54) is 11.8 Å². The van der Waals surface area contributed by atoms with Gasteiger partial charge in [0.2, 0.25) is 5.91 Å². The van der Waals surface area contributed by atoms with Crippen molar-refractivity contribution < 1.29 is 9.21 Å². The Bertz CT molecular complexity index is 525. The molecule has 2 aromatic heterocycles. The molecule has 0 saturated heterocycles. The van der Waals surface area contributed by atoms with E-state index in [0.717, 1.165) is 10.7 Å². The zero-order chi connectivity index (χ0) is 13.7. The van der Waals surface area contributed by atoms with E-state index >= 15 is 0 Å². The summed E-state index contributed by atoms with van der Waals surface area (Å²) in [7, 11) is 0. The third-order valence-electron chi connectivity index (χ3n) is 2.46. The third-order valence-corrected chi connectivity index (χ3v) is 3.54. The lowest BCUT2D eigenvalue weighted by Gasteiger charge is -2.11. The molecular weight excluding hydrogens is 262 g/mol. The van der Waals surface area contributed by atoms with Crippen LogP contribution in [0.5, 0.6) is 0 Å². The van der Waals surface area contributed by atoms with Crippen LogP contribution in [0.3, 0.4) is 0 Å². The zero-order valence-electron chi connectivity index (χ0n) is 10.5. The van der Waals surface area contributed by atoms with E-state index in [1.54, 1.807) is 24.6 Å². The lowest BCUT2D eigenvalue weighted by molar-refractivity contribution is -0.120. The monoisotopic (exact) mass is 277 g/mol. The standard InChI is InChI=1S/C13H15N3O2S/c1-9(19-11-4-5-12(14)15-8-11)13(17)16-7-10-3-2-6-18-10/h2-6,8-9H,7H2,1H3,(H2,14,15)(H,16,17). The van der Waals surface area contributed by atoms with E-state index < -0.39 is 0 Å². The minimum Gasteiger partial charge on any atom is -0.467 e. The van der Waals surface area contributed by atoms with E-state index in [1.807, 2.05) is 19.1 Å². The maximum absolute atomic E-state index is 11.9. The van der Waals surface area contributed by atoms with Crippen molar-refractivity contribution in [1.82, 2.24) is 10.3 Å². The summed E-state index contributed by atoms with van der Waals surface area (Å²) in [5.41, 5.74) is 5.51. The Hall–Kier alpha value is -1.95. The highest BCUT2D eigenvalue weighted by Gasteiger charge is 2.14. The number of carbonyl (C=O) groups is 1. The topological polar surface area (TPSA) is 81.1 Å². The van der Waals surface area contributed by atoms with Gasteiger partial charge in [0, 0.05) is 11.1 Å². The number of nitrogens with one attached hydrogen (secondary N) is 1. The van der Waals surface area contributed by atoms with E-state index in [-0.39, 0.29) is 11.2 Å². The lowest BCUT2D eigenvalue weighted by Crippen LogP contribution is -2.30. The zero-order valence-corrected chi connectivity index (χ0v) is 11.3. The quantitative estimate of drug-likeness (QED) is 0.817. The fourth-order valence-corrected chi connectivity index (χ4v) is 2.31. The van der Waals surface area contributed by atoms with E-state index in [0.29, 0.717) is 12.4 Å². The van der Waals surface area contributed by atoms with Crippen molar-refractivity contribution in [2.75, 3.05) is 5.73 Å². The normalized spacial score (nSPS) is 12.1. The molecule has 3 N–H and O–H groups in total. The van der Waals surface area contributed by atoms with E-state index in [9.17, 15) is 4.79 Å². The first-order valence-electron chi connectivity index (χ1n) is 5.83. The molecular formula is C13H15N3O2S. The second-order valence-electron chi connectivity index (χ2n) is 3.98. The van der Waals surface area contributed by atoms with Crippen molar-refractivity contribution in [3.8, 4) is 0 Å². The summed E-state index contributed by atoms with van der Waals surface area (Å²) in [5.74, 6) is 1.16. The second kappa shape index (κ2) is 6.29. The minimum atomic E-state index is -0.208. The average molecular weight is 277 g/mol. The van der Waals surface area contributed by atoms with Gasteiger partial charge >= 0.3 is 0 Å². The van der Waals surface area contributed by atoms with Gasteiger partial charge in [-0.25, -0.2) is 4.98 Å². The Morgan fingerprint density at radius 2 is 2.37 bits per heavy atom. The summed E-state index contributed by atoms with van der Waals surface area (Å²) in [6, 6.07) is 7.18. The van der Waals surface area contributed by atoms with Gasteiger partial charge in [0.1, 0.15) is 11.6 Å². The number of hydrogen-bond acceptors (Lipinski definition) is 5. The number of nitrogens with zero attached hydrogens (tertiary/aromatic N) is 1. The predicted molar refractivity (Wildman–Crippen MR) is 74.5 cm³/mol. The molecule has 2 rings (SSSR count). The van der Waals surface area contributed by atoms with Gasteiger partial charge in [0.25, 0.3) is 0 Å². The highest BCUT2D eigenvalue weighted by atomic mass is 32.2. The first-order valence-corrected chi connectivity index (χ1v) is 6.71. The Morgan fingerprint density at radius 1 is 1.53 bits per heavy atom. The SMILES string of the molecule is CC(Sc1ccc(N)nc1)C(=O)NCc1ccco1. The van der Waals surface area contributed by atoms with Crippen LogP contribution in [0.2, 0.25) is 0 Å². The van der Waals surface area contributed by atoms with Crippen molar-refractivity contribution in [3.63, 3.8) is 0 Å². The van der Waals surface area contributed by atoms with Crippen molar-refractivity contribution in [2.45, 2.75) is 23.6 Å². The Labute approximate surface area is 115 Å². The molecule has 0 aromatic carbocycles. The Morgan fingerprint density at radius 3 is 3.00 bits per heavy atom. The van der Waals surface area contributed by atoms with Gasteiger partial charge < -0.3 is 15.5 Å². The molecule has 100 valence electrons. The van der Waals surface area contributed by atoms with E-state index in [2.05, 4.69) is 10.3 Å². The molecule has 1 amide bonds. The lowest BCUT2D eigenvalue weighted by atomic mass is 10.4. The van der Waals surface area contributed by atoms with Gasteiger partial charge in [-0.3, -0.25) is 4.79 Å². The molecule has 0 spiro atoms. The van der Waals surface area contributed by atoms with Crippen LogP contribution in [0.25, 0.3) is 0 Å². The maximum atomic E-state index is 11.9. The maximum Gasteiger partial charge on any atom is 0.233 e. The minimum absolute atomic E-state index is 0.0433. The second-order valence-corrected chi connectivity index (χ2v) is 5.39. The molecule has 2 heterocycles. The first kappa shape index (κ1) is 13.5. The van der Waals surface area contributed by atoms with Crippen LogP contribution in [0.15, 0.2) is 46.0 Å². The number of furan rings is 1. The van der Waals surface area contributed by atoms with Gasteiger partial charge in [-0.05, 0) is 31.2 Å². The molecule has 19 heavy (non-hydrogen) atoms. The Balaban J connectivity index is 1.83. The molecule has 0 aliphatic carbocycles. The van der Waals surface area contributed by atoms with Crippen molar-refractivity contribution in [3.05, 3.63) is 42.5 Å². The van der Waals surface area contributed by atoms with Crippen LogP contribution in [0.1, 0.15) is 12.7 Å². The number of amides is 1. The molecule has 0 aliphatic rings. The number of nitrogens with two attached hydrogens (primary N) is 1. The number of thioether (sulfide) groups is 1. The molecule has 2 aromatic rings. The summed E-state index contributed by atoms with van der Waals surface area (Å²) < 4.78 is 5.15. The fraction of sp³-hybridized carbons (Fsp3) is 0.231. The van der Waals surface area contributed by atoms with Crippen molar-refractivity contribution in [1.29, 1.82) is 0 Å². The van der Waals surface area contributed by atoms with Gasteiger partial charge in [-0.2, -0.15) is 0 Å². The van der Waals surface area contributed by atoms with Crippen LogP contribution in [0.4, 0.5) is 5.82 Å². The summed E-state index contributed by atoms with van der Waals surface area (Å²) in [4.78, 5) is 16.8. The number of carbonyl (C=O) groups excluding carboxylic acids is 1. The molecule has 1 unspecified atom stereocenters. The number of pyridine rings is 1. The largest absolute Gasteiger partial charge is 0.467 e. The molecule has 5 nitrogen and oxygen atoms in total. The molecule has 0 fully saturated rings. The van der Waals surface area contributed by atoms with Crippen LogP contribution in [-0.4, -0.2) is 16.1 Å². The van der Waals surface area contributed by atoms with Crippen LogP contribution in [0, 0.1) is 0 Å². The van der Waals surface area contributed by atoms with Gasteiger partial charge in [0.05, 0.1) is 18.1 Å². The average Bonchev–Trinajstić information content (AvgIpc) is 2.91. The van der Waals surface area contributed by atoms with Crippen LogP contribution in [-0.2, 0) is 11.3 Å². The summed E-state index contributed by atoms with van der Waals surface area (Å²) in [6.45, 7) is 2.25. The summed E-state index contributed by atoms with van der Waals surface area (Å²) in [5, 5.41) is 2.61. The third kappa shape index (κ3) is 4.03. The molecule has 0 radical (unpaired) electrons. The summed E-state index contributed by atoms with van der Waals surface area (Å²) >= 11 is 1.44. The number of nitrogen functional groups attached to an aromatic ring is 1. The smallest absolute Gasteiger partial charge is 0.233 e. The van der Waals surface area contributed by atoms with Gasteiger partial charge in [-0.1, -0.05) is 0 Å². The molecule has 0 aliphatic heterocycles. The first-order chi connectivity index (χ1) is 9.15. The Kier molecular flexibility index (Phi) is 4.46. The van der Waals surface area contributed by atoms with Crippen LogP contribution >= 0.6 is 11.8 Å². The number of aromatic nitrogens is 1. The number of rotatable bonds is 5. The van der Waals surface area contributed by atoms with Crippen LogP contribution < -0.4 is 11.1 Å². The van der Waals surface area contributed by atoms with Crippen molar-refractivity contribution >= 4 is 23.5 Å². The predicted octanol–water partition coefficient (Wildman–Crippen LogP) is 2.05.